The minimum Gasteiger partial charge on any atom is -0.475 e. The Labute approximate surface area is 220 Å². The molecule has 3 N–H and O–H groups in total. The molecule has 9 nitrogen and oxygen atoms in total. The highest BCUT2D eigenvalue weighted by molar-refractivity contribution is 7.89. The highest BCUT2D eigenvalue weighted by atomic mass is 35.5. The van der Waals surface area contributed by atoms with Gasteiger partial charge in [-0.15, -0.1) is 0 Å². The van der Waals surface area contributed by atoms with Gasteiger partial charge in [-0.3, -0.25) is 9.78 Å². The van der Waals surface area contributed by atoms with E-state index in [4.69, 9.17) is 21.5 Å². The SMILES string of the molecule is Cc1cncc2c(S(=O)(=O)N3CC[C@H](NC(=O)C(O)c4ccc(Cl)cc4)C3)cccc12.O=C(O)C(F)(F)F. The number of carbonyl (C=O) groups is 2. The Bertz CT molecular complexity index is 1430. The van der Waals surface area contributed by atoms with Crippen LogP contribution < -0.4 is 5.32 Å². The molecule has 2 heterocycles. The topological polar surface area (TPSA) is 137 Å². The number of carbonyl (C=O) groups excluding carboxylic acids is 1. The van der Waals surface area contributed by atoms with Gasteiger partial charge in [-0.25, -0.2) is 13.2 Å². The highest BCUT2D eigenvalue weighted by Crippen LogP contribution is 2.29. The van der Waals surface area contributed by atoms with E-state index in [9.17, 15) is 31.5 Å². The number of hydrogen-bond acceptors (Lipinski definition) is 6. The molecule has 4 rings (SSSR count). The molecule has 1 aromatic heterocycles. The number of aryl methyl sites for hydroxylation is 1. The second kappa shape index (κ2) is 11.6. The lowest BCUT2D eigenvalue weighted by Crippen LogP contribution is -2.40. The van der Waals surface area contributed by atoms with Gasteiger partial charge in [-0.1, -0.05) is 35.9 Å². The molecule has 0 spiro atoms. The van der Waals surface area contributed by atoms with Crippen LogP contribution in [0.1, 0.15) is 23.7 Å². The van der Waals surface area contributed by atoms with Crippen LogP contribution in [0.15, 0.2) is 59.8 Å². The average Bonchev–Trinajstić information content (AvgIpc) is 3.33. The number of aliphatic carboxylic acids is 1. The minimum absolute atomic E-state index is 0.136. The van der Waals surface area contributed by atoms with Crippen molar-refractivity contribution in [3.8, 4) is 0 Å². The zero-order chi connectivity index (χ0) is 28.3. The monoisotopic (exact) mass is 573 g/mol. The fraction of sp³-hybridized carbons (Fsp3) is 0.292. The summed E-state index contributed by atoms with van der Waals surface area (Å²) in [5.41, 5.74) is 1.32. The minimum atomic E-state index is -5.08. The summed E-state index contributed by atoms with van der Waals surface area (Å²) in [6, 6.07) is 11.1. The predicted octanol–water partition coefficient (Wildman–Crippen LogP) is 3.44. The normalized spacial score (nSPS) is 16.9. The van der Waals surface area contributed by atoms with Crippen LogP contribution in [0.4, 0.5) is 13.2 Å². The number of fused-ring (bicyclic) bond motifs is 1. The number of nitrogens with one attached hydrogen (secondary N) is 1. The van der Waals surface area contributed by atoms with Crippen molar-refractivity contribution in [1.82, 2.24) is 14.6 Å². The van der Waals surface area contributed by atoms with Crippen molar-refractivity contribution in [2.24, 2.45) is 0 Å². The van der Waals surface area contributed by atoms with Crippen LogP contribution in [0.2, 0.25) is 5.02 Å². The summed E-state index contributed by atoms with van der Waals surface area (Å²) in [7, 11) is -3.76. The summed E-state index contributed by atoms with van der Waals surface area (Å²) < 4.78 is 59.7. The van der Waals surface area contributed by atoms with Gasteiger partial charge in [-0.2, -0.15) is 17.5 Å². The summed E-state index contributed by atoms with van der Waals surface area (Å²) in [4.78, 5) is 25.7. The van der Waals surface area contributed by atoms with Gasteiger partial charge in [-0.05, 0) is 48.1 Å². The van der Waals surface area contributed by atoms with Gasteiger partial charge in [0.15, 0.2) is 6.10 Å². The first-order chi connectivity index (χ1) is 17.7. The van der Waals surface area contributed by atoms with Crippen LogP contribution in [-0.4, -0.2) is 65.1 Å². The van der Waals surface area contributed by atoms with Crippen LogP contribution in [0.5, 0.6) is 0 Å². The van der Waals surface area contributed by atoms with Crippen LogP contribution in [0, 0.1) is 6.92 Å². The molecule has 1 saturated heterocycles. The number of nitrogens with zero attached hydrogens (tertiary/aromatic N) is 2. The predicted molar refractivity (Wildman–Crippen MR) is 132 cm³/mol. The number of alkyl halides is 3. The molecule has 0 saturated carbocycles. The molecule has 0 radical (unpaired) electrons. The van der Waals surface area contributed by atoms with E-state index in [1.807, 2.05) is 13.0 Å². The molecule has 204 valence electrons. The van der Waals surface area contributed by atoms with Crippen molar-refractivity contribution in [3.63, 3.8) is 0 Å². The molecule has 1 fully saturated rings. The standard InChI is InChI=1S/C22H22ClN3O4S.C2HF3O2/c1-14-11-24-12-19-18(14)3-2-4-20(19)31(29,30)26-10-9-17(13-26)25-22(28)21(27)15-5-7-16(23)8-6-15;3-2(4,5)1(6)7/h2-8,11-12,17,21,27H,9-10,13H2,1H3,(H,25,28);(H,6,7)/t17-,21?;/m0./s1. The van der Waals surface area contributed by atoms with E-state index >= 15 is 0 Å². The van der Waals surface area contributed by atoms with Crippen molar-refractivity contribution >= 4 is 44.3 Å². The Kier molecular flexibility index (Phi) is 8.97. The van der Waals surface area contributed by atoms with E-state index < -0.39 is 34.2 Å². The zero-order valence-electron chi connectivity index (χ0n) is 19.8. The van der Waals surface area contributed by atoms with Crippen molar-refractivity contribution in [1.29, 1.82) is 0 Å². The quantitative estimate of drug-likeness (QED) is 0.425. The number of benzene rings is 2. The molecule has 0 bridgehead atoms. The molecular weight excluding hydrogens is 551 g/mol. The van der Waals surface area contributed by atoms with Crippen molar-refractivity contribution < 1.29 is 41.4 Å². The number of aromatic nitrogens is 1. The van der Waals surface area contributed by atoms with Gasteiger partial charge in [0, 0.05) is 41.9 Å². The van der Waals surface area contributed by atoms with Gasteiger partial charge in [0.2, 0.25) is 10.0 Å². The van der Waals surface area contributed by atoms with E-state index in [0.717, 1.165) is 10.9 Å². The largest absolute Gasteiger partial charge is 0.490 e. The van der Waals surface area contributed by atoms with E-state index in [1.165, 1.54) is 4.31 Å². The van der Waals surface area contributed by atoms with Crippen molar-refractivity contribution in [2.75, 3.05) is 13.1 Å². The maximum Gasteiger partial charge on any atom is 0.490 e. The van der Waals surface area contributed by atoms with Gasteiger partial charge in [0.1, 0.15) is 0 Å². The second-order valence-corrected chi connectivity index (χ2v) is 10.8. The Balaban J connectivity index is 0.000000505. The smallest absolute Gasteiger partial charge is 0.475 e. The average molecular weight is 574 g/mol. The molecule has 1 amide bonds. The number of rotatable bonds is 5. The number of hydrogen-bond donors (Lipinski definition) is 3. The number of aliphatic hydroxyl groups is 1. The number of halogens is 4. The highest BCUT2D eigenvalue weighted by Gasteiger charge is 2.38. The number of pyridine rings is 1. The van der Waals surface area contributed by atoms with Crippen LogP contribution in [-0.2, 0) is 19.6 Å². The number of sulfonamides is 1. The number of carboxylic acids is 1. The summed E-state index contributed by atoms with van der Waals surface area (Å²) in [6.45, 7) is 2.30. The first-order valence-electron chi connectivity index (χ1n) is 11.1. The fourth-order valence-electron chi connectivity index (χ4n) is 3.82. The molecule has 1 unspecified atom stereocenters. The molecule has 0 aliphatic carbocycles. The lowest BCUT2D eigenvalue weighted by Gasteiger charge is -2.19. The Hall–Kier alpha value is -3.26. The van der Waals surface area contributed by atoms with Gasteiger partial charge < -0.3 is 15.5 Å². The number of aliphatic hydroxyl groups excluding tert-OH is 1. The summed E-state index contributed by atoms with van der Waals surface area (Å²) >= 11 is 5.84. The molecule has 38 heavy (non-hydrogen) atoms. The Morgan fingerprint density at radius 3 is 2.37 bits per heavy atom. The van der Waals surface area contributed by atoms with Crippen LogP contribution in [0.25, 0.3) is 10.8 Å². The first-order valence-corrected chi connectivity index (χ1v) is 12.9. The molecular formula is C24H23ClF3N3O6S. The lowest BCUT2D eigenvalue weighted by atomic mass is 10.1. The zero-order valence-corrected chi connectivity index (χ0v) is 21.4. The van der Waals surface area contributed by atoms with Gasteiger partial charge in [0.25, 0.3) is 5.91 Å². The summed E-state index contributed by atoms with van der Waals surface area (Å²) in [5, 5.41) is 22.1. The molecule has 2 atom stereocenters. The summed E-state index contributed by atoms with van der Waals surface area (Å²) in [5.74, 6) is -3.33. The second-order valence-electron chi connectivity index (χ2n) is 8.42. The van der Waals surface area contributed by atoms with E-state index in [-0.39, 0.29) is 24.0 Å². The Morgan fingerprint density at radius 2 is 1.76 bits per heavy atom. The van der Waals surface area contributed by atoms with E-state index in [0.29, 0.717) is 22.4 Å². The number of amides is 1. The molecule has 3 aromatic rings. The lowest BCUT2D eigenvalue weighted by molar-refractivity contribution is -0.192. The summed E-state index contributed by atoms with van der Waals surface area (Å²) in [6.07, 6.45) is -2.71. The third-order valence-electron chi connectivity index (χ3n) is 5.75. The van der Waals surface area contributed by atoms with Crippen molar-refractivity contribution in [2.45, 2.75) is 36.6 Å². The molecule has 14 heteroatoms. The van der Waals surface area contributed by atoms with E-state index in [1.54, 1.807) is 48.8 Å². The first kappa shape index (κ1) is 29.3. The van der Waals surface area contributed by atoms with E-state index in [2.05, 4.69) is 10.3 Å². The molecule has 1 aliphatic heterocycles. The third kappa shape index (κ3) is 6.78. The Morgan fingerprint density at radius 1 is 1.13 bits per heavy atom. The van der Waals surface area contributed by atoms with Crippen molar-refractivity contribution in [3.05, 3.63) is 71.0 Å². The molecule has 1 aliphatic rings. The number of carboxylic acid groups (broad SMARTS) is 1. The van der Waals surface area contributed by atoms with Gasteiger partial charge in [0.05, 0.1) is 4.90 Å². The fourth-order valence-corrected chi connectivity index (χ4v) is 5.64. The third-order valence-corrected chi connectivity index (χ3v) is 7.93. The van der Waals surface area contributed by atoms with Crippen LogP contribution >= 0.6 is 11.6 Å². The maximum atomic E-state index is 13.3. The molecule has 2 aromatic carbocycles. The van der Waals surface area contributed by atoms with Crippen LogP contribution in [0.3, 0.4) is 0 Å². The maximum absolute atomic E-state index is 13.3. The van der Waals surface area contributed by atoms with Gasteiger partial charge >= 0.3 is 12.1 Å².